The van der Waals surface area contributed by atoms with E-state index >= 15 is 0 Å². The minimum Gasteiger partial charge on any atom is -0.0667 e. The van der Waals surface area contributed by atoms with Gasteiger partial charge < -0.3 is 0 Å². The van der Waals surface area contributed by atoms with Gasteiger partial charge in [-0.05, 0) is 67.7 Å². The van der Waals surface area contributed by atoms with Gasteiger partial charge in [-0.3, -0.25) is 0 Å². The highest BCUT2D eigenvalue weighted by molar-refractivity contribution is 6.33. The Bertz CT molecular complexity index is 1250. The fourth-order valence-corrected chi connectivity index (χ4v) is 3.78. The first-order valence-corrected chi connectivity index (χ1v) is 8.95. The normalized spacial score (nSPS) is 11.4. The van der Waals surface area contributed by atoms with Crippen molar-refractivity contribution < 1.29 is 0 Å². The molecule has 0 saturated carbocycles. The van der Waals surface area contributed by atoms with Gasteiger partial charge in [-0.2, -0.15) is 0 Å². The molecule has 0 bridgehead atoms. The predicted octanol–water partition coefficient (Wildman–Crippen LogP) is 5.61. The van der Waals surface area contributed by atoms with Crippen molar-refractivity contribution >= 4 is 47.7 Å². The minimum absolute atomic E-state index is 1.11. The van der Waals surface area contributed by atoms with Crippen LogP contribution in [-0.2, 0) is 0 Å². The zero-order valence-electron chi connectivity index (χ0n) is 13.7. The maximum absolute atomic E-state index is 3.62. The van der Waals surface area contributed by atoms with Gasteiger partial charge in [0.25, 0.3) is 0 Å². The van der Waals surface area contributed by atoms with Crippen LogP contribution in [0.2, 0.25) is 0 Å². The van der Waals surface area contributed by atoms with Crippen LogP contribution in [0.1, 0.15) is 0 Å². The molecular formula is C24H15Si. The third kappa shape index (κ3) is 2.53. The van der Waals surface area contributed by atoms with Crippen LogP contribution < -0.4 is 5.19 Å². The van der Waals surface area contributed by atoms with E-state index in [-0.39, 0.29) is 0 Å². The number of hydrogen-bond acceptors (Lipinski definition) is 0. The molecule has 0 fully saturated rings. The maximum Gasteiger partial charge on any atom is 0.0712 e. The lowest BCUT2D eigenvalue weighted by molar-refractivity contribution is 1.69. The van der Waals surface area contributed by atoms with Crippen LogP contribution in [0.25, 0.3) is 43.4 Å². The molecule has 0 amide bonds. The minimum atomic E-state index is 1.11. The van der Waals surface area contributed by atoms with Gasteiger partial charge >= 0.3 is 0 Å². The van der Waals surface area contributed by atoms with Gasteiger partial charge in [-0.15, -0.1) is 0 Å². The van der Waals surface area contributed by atoms with Gasteiger partial charge in [0, 0.05) is 0 Å². The Morgan fingerprint density at radius 3 is 1.64 bits per heavy atom. The number of rotatable bonds is 1. The molecule has 3 radical (unpaired) electrons. The van der Waals surface area contributed by atoms with Crippen molar-refractivity contribution in [3.63, 3.8) is 0 Å². The van der Waals surface area contributed by atoms with Gasteiger partial charge in [0.1, 0.15) is 0 Å². The molecule has 0 aliphatic rings. The van der Waals surface area contributed by atoms with E-state index < -0.39 is 0 Å². The first kappa shape index (κ1) is 14.4. The summed E-state index contributed by atoms with van der Waals surface area (Å²) in [5.74, 6) is 0. The van der Waals surface area contributed by atoms with E-state index in [1.165, 1.54) is 43.4 Å². The number of fused-ring (bicyclic) bond motifs is 3. The van der Waals surface area contributed by atoms with Gasteiger partial charge in [-0.1, -0.05) is 71.9 Å². The summed E-state index contributed by atoms with van der Waals surface area (Å²) in [6.07, 6.45) is 0. The average molecular weight is 331 g/mol. The summed E-state index contributed by atoms with van der Waals surface area (Å²) in [7, 11) is 3.62. The van der Waals surface area contributed by atoms with Gasteiger partial charge in [0.15, 0.2) is 0 Å². The summed E-state index contributed by atoms with van der Waals surface area (Å²) < 4.78 is 0. The van der Waals surface area contributed by atoms with Gasteiger partial charge in [-0.25, -0.2) is 0 Å². The molecule has 5 aromatic rings. The molecule has 1 heteroatoms. The fraction of sp³-hybridized carbons (Fsp3) is 0. The topological polar surface area (TPSA) is 0 Å². The molecule has 0 spiro atoms. The Kier molecular flexibility index (Phi) is 3.22. The maximum atomic E-state index is 3.62. The van der Waals surface area contributed by atoms with Crippen molar-refractivity contribution in [3.05, 3.63) is 91.0 Å². The summed E-state index contributed by atoms with van der Waals surface area (Å²) in [4.78, 5) is 0. The van der Waals surface area contributed by atoms with E-state index in [2.05, 4.69) is 101 Å². The molecule has 0 heterocycles. The van der Waals surface area contributed by atoms with Crippen LogP contribution in [0, 0.1) is 0 Å². The van der Waals surface area contributed by atoms with Crippen LogP contribution in [-0.4, -0.2) is 10.2 Å². The third-order valence-corrected chi connectivity index (χ3v) is 5.19. The Morgan fingerprint density at radius 2 is 0.920 bits per heavy atom. The lowest BCUT2D eigenvalue weighted by Crippen LogP contribution is -1.99. The molecule has 0 atom stereocenters. The number of hydrogen-bond donors (Lipinski definition) is 0. The molecule has 0 N–H and O–H groups in total. The molecule has 0 saturated heterocycles. The molecular weight excluding hydrogens is 316 g/mol. The standard InChI is InChI=1S/C24H15Si/c25-24-10-9-16-5-6-19(14-23(16)15-24)20-7-8-21-11-17-3-1-2-4-18(17)12-22(21)13-20/h1-15H. The Morgan fingerprint density at radius 1 is 0.400 bits per heavy atom. The summed E-state index contributed by atoms with van der Waals surface area (Å²) in [6, 6.07) is 32.9. The van der Waals surface area contributed by atoms with Crippen LogP contribution in [0.5, 0.6) is 0 Å². The monoisotopic (exact) mass is 331 g/mol. The van der Waals surface area contributed by atoms with E-state index in [1.807, 2.05) is 0 Å². The van der Waals surface area contributed by atoms with Crippen molar-refractivity contribution in [2.24, 2.45) is 0 Å². The zero-order chi connectivity index (χ0) is 16.8. The van der Waals surface area contributed by atoms with E-state index in [0.29, 0.717) is 0 Å². The predicted molar refractivity (Wildman–Crippen MR) is 110 cm³/mol. The smallest absolute Gasteiger partial charge is 0.0667 e. The Balaban J connectivity index is 1.70. The first-order valence-electron chi connectivity index (χ1n) is 8.45. The van der Waals surface area contributed by atoms with E-state index in [9.17, 15) is 0 Å². The summed E-state index contributed by atoms with van der Waals surface area (Å²) in [5.41, 5.74) is 2.50. The van der Waals surface area contributed by atoms with E-state index in [4.69, 9.17) is 0 Å². The van der Waals surface area contributed by atoms with Gasteiger partial charge in [0.2, 0.25) is 0 Å². The van der Waals surface area contributed by atoms with Gasteiger partial charge in [0.05, 0.1) is 10.2 Å². The molecule has 0 nitrogen and oxygen atoms in total. The Hall–Kier alpha value is -2.90. The average Bonchev–Trinajstić information content (AvgIpc) is 2.65. The molecule has 5 aromatic carbocycles. The molecule has 0 aromatic heterocycles. The van der Waals surface area contributed by atoms with Crippen molar-refractivity contribution in [2.45, 2.75) is 0 Å². The van der Waals surface area contributed by atoms with Crippen LogP contribution in [0.4, 0.5) is 0 Å². The second kappa shape index (κ2) is 5.57. The quantitative estimate of drug-likeness (QED) is 0.277. The molecule has 0 unspecified atom stereocenters. The highest BCUT2D eigenvalue weighted by Crippen LogP contribution is 2.29. The lowest BCUT2D eigenvalue weighted by atomic mass is 9.97. The Labute approximate surface area is 150 Å². The first-order chi connectivity index (χ1) is 12.3. The van der Waals surface area contributed by atoms with Crippen molar-refractivity contribution in [2.75, 3.05) is 0 Å². The fourth-order valence-electron chi connectivity index (χ4n) is 3.55. The third-order valence-electron chi connectivity index (χ3n) is 4.88. The highest BCUT2D eigenvalue weighted by atomic mass is 28.1. The second-order valence-corrected chi connectivity index (χ2v) is 7.12. The molecule has 115 valence electrons. The van der Waals surface area contributed by atoms with Crippen molar-refractivity contribution in [1.29, 1.82) is 0 Å². The van der Waals surface area contributed by atoms with Crippen LogP contribution >= 0.6 is 0 Å². The number of benzene rings is 5. The van der Waals surface area contributed by atoms with Crippen molar-refractivity contribution in [1.82, 2.24) is 0 Å². The lowest BCUT2D eigenvalue weighted by Gasteiger charge is -2.08. The zero-order valence-corrected chi connectivity index (χ0v) is 14.7. The molecule has 0 aliphatic carbocycles. The summed E-state index contributed by atoms with van der Waals surface area (Å²) >= 11 is 0. The van der Waals surface area contributed by atoms with E-state index in [0.717, 1.165) is 5.19 Å². The van der Waals surface area contributed by atoms with Crippen molar-refractivity contribution in [3.8, 4) is 11.1 Å². The largest absolute Gasteiger partial charge is 0.0712 e. The molecule has 5 rings (SSSR count). The highest BCUT2D eigenvalue weighted by Gasteiger charge is 2.03. The summed E-state index contributed by atoms with van der Waals surface area (Å²) in [5, 5.41) is 8.76. The SMILES string of the molecule is [Si]c1ccc2ccc(-c3ccc4cc5ccccc5cc4c3)cc2c1. The van der Waals surface area contributed by atoms with Crippen LogP contribution in [0.3, 0.4) is 0 Å². The molecule has 0 aliphatic heterocycles. The molecule has 25 heavy (non-hydrogen) atoms. The summed E-state index contributed by atoms with van der Waals surface area (Å²) in [6.45, 7) is 0. The second-order valence-electron chi connectivity index (χ2n) is 6.54. The van der Waals surface area contributed by atoms with Crippen LogP contribution in [0.15, 0.2) is 91.0 Å². The van der Waals surface area contributed by atoms with E-state index in [1.54, 1.807) is 0 Å².